The molecule has 0 spiro atoms. The third kappa shape index (κ3) is 4.77. The number of benzene rings is 2. The Balaban J connectivity index is 2.33. The van der Waals surface area contributed by atoms with Crippen LogP contribution < -0.4 is 14.8 Å². The van der Waals surface area contributed by atoms with Crippen LogP contribution in [0.1, 0.15) is 6.92 Å². The number of rotatable bonds is 6. The van der Waals surface area contributed by atoms with Gasteiger partial charge in [-0.25, -0.2) is 17.6 Å². The number of halogens is 2. The van der Waals surface area contributed by atoms with Crippen LogP contribution in [0.15, 0.2) is 41.3 Å². The lowest BCUT2D eigenvalue weighted by atomic mass is 10.3. The van der Waals surface area contributed by atoms with Gasteiger partial charge < -0.3 is 9.47 Å². The topological polar surface area (TPSA) is 93.7 Å². The molecule has 1 amide bonds. The molecule has 2 N–H and O–H groups in total. The summed E-state index contributed by atoms with van der Waals surface area (Å²) in [6, 6.07) is 7.32. The van der Waals surface area contributed by atoms with Crippen molar-refractivity contribution in [3.8, 4) is 5.75 Å². The summed E-state index contributed by atoms with van der Waals surface area (Å²) >= 11 is 5.65. The van der Waals surface area contributed by atoms with E-state index in [1.54, 1.807) is 6.92 Å². The average molecular weight is 403 g/mol. The number of methoxy groups -OCH3 is 1. The number of sulfonamides is 1. The summed E-state index contributed by atoms with van der Waals surface area (Å²) in [6.07, 6.45) is -0.751. The molecule has 0 bridgehead atoms. The Morgan fingerprint density at radius 2 is 1.96 bits per heavy atom. The molecule has 0 heterocycles. The van der Waals surface area contributed by atoms with Crippen LogP contribution in [0.2, 0.25) is 5.02 Å². The van der Waals surface area contributed by atoms with Gasteiger partial charge in [0.05, 0.1) is 35.0 Å². The van der Waals surface area contributed by atoms with Crippen molar-refractivity contribution in [2.24, 2.45) is 0 Å². The summed E-state index contributed by atoms with van der Waals surface area (Å²) in [5.74, 6) is -0.415. The van der Waals surface area contributed by atoms with Gasteiger partial charge in [0.25, 0.3) is 10.0 Å². The number of anilines is 2. The van der Waals surface area contributed by atoms with Crippen molar-refractivity contribution in [1.82, 2.24) is 0 Å². The second kappa shape index (κ2) is 8.24. The Bertz CT molecular complexity index is 921. The molecule has 2 rings (SSSR count). The van der Waals surface area contributed by atoms with Crippen molar-refractivity contribution in [2.45, 2.75) is 11.8 Å². The average Bonchev–Trinajstić information content (AvgIpc) is 2.58. The van der Waals surface area contributed by atoms with Crippen LogP contribution in [-0.4, -0.2) is 28.2 Å². The summed E-state index contributed by atoms with van der Waals surface area (Å²) in [7, 11) is -2.64. The van der Waals surface area contributed by atoms with Crippen LogP contribution >= 0.6 is 11.6 Å². The minimum Gasteiger partial charge on any atom is -0.495 e. The monoisotopic (exact) mass is 402 g/mol. The van der Waals surface area contributed by atoms with Gasteiger partial charge in [-0.3, -0.25) is 10.0 Å². The standard InChI is InChI=1S/C16H16ClFN2O5S/c1-3-25-16(21)19-14-9-11(5-7-15(14)24-2)26(22,23)20-10-4-6-13(18)12(17)8-10/h4-9,20H,3H2,1-2H3,(H,19,21). The summed E-state index contributed by atoms with van der Waals surface area (Å²) in [5.41, 5.74) is 0.207. The lowest BCUT2D eigenvalue weighted by molar-refractivity contribution is 0.168. The van der Waals surface area contributed by atoms with Gasteiger partial charge in [-0.15, -0.1) is 0 Å². The Hall–Kier alpha value is -2.52. The Morgan fingerprint density at radius 3 is 2.58 bits per heavy atom. The number of carbonyl (C=O) groups excluding carboxylic acids is 1. The first-order valence-electron chi connectivity index (χ1n) is 7.36. The van der Waals surface area contributed by atoms with Crippen molar-refractivity contribution in [1.29, 1.82) is 0 Å². The summed E-state index contributed by atoms with van der Waals surface area (Å²) in [5, 5.41) is 2.19. The van der Waals surface area contributed by atoms with Gasteiger partial charge in [-0.05, 0) is 43.3 Å². The number of carbonyl (C=O) groups is 1. The molecule has 0 unspecified atom stereocenters. The molecule has 0 aliphatic heterocycles. The molecule has 26 heavy (non-hydrogen) atoms. The number of hydrogen-bond donors (Lipinski definition) is 2. The predicted molar refractivity (Wildman–Crippen MR) is 95.9 cm³/mol. The smallest absolute Gasteiger partial charge is 0.411 e. The second-order valence-corrected chi connectivity index (χ2v) is 7.03. The minimum atomic E-state index is -4.02. The Kier molecular flexibility index (Phi) is 6.27. The highest BCUT2D eigenvalue weighted by Crippen LogP contribution is 2.29. The zero-order valence-electron chi connectivity index (χ0n) is 13.9. The van der Waals surface area contributed by atoms with E-state index in [0.717, 1.165) is 12.1 Å². The molecule has 0 aliphatic carbocycles. The molecule has 0 atom stereocenters. The van der Waals surface area contributed by atoms with Crippen molar-refractivity contribution in [3.05, 3.63) is 47.2 Å². The van der Waals surface area contributed by atoms with E-state index in [-0.39, 0.29) is 33.6 Å². The van der Waals surface area contributed by atoms with Gasteiger partial charge in [0.1, 0.15) is 11.6 Å². The molecule has 2 aromatic carbocycles. The van der Waals surface area contributed by atoms with Crippen LogP contribution in [0.3, 0.4) is 0 Å². The quantitative estimate of drug-likeness (QED) is 0.765. The third-order valence-corrected chi connectivity index (χ3v) is 4.83. The Labute approximate surface area is 155 Å². The van der Waals surface area contributed by atoms with E-state index in [1.165, 1.54) is 31.4 Å². The van der Waals surface area contributed by atoms with Crippen LogP contribution in [0.4, 0.5) is 20.6 Å². The summed E-state index contributed by atoms with van der Waals surface area (Å²) < 4.78 is 50.4. The van der Waals surface area contributed by atoms with E-state index < -0.39 is 21.9 Å². The molecule has 0 saturated heterocycles. The zero-order chi connectivity index (χ0) is 19.3. The summed E-state index contributed by atoms with van der Waals surface area (Å²) in [4.78, 5) is 11.5. The third-order valence-electron chi connectivity index (χ3n) is 3.17. The van der Waals surface area contributed by atoms with Crippen molar-refractivity contribution in [3.63, 3.8) is 0 Å². The van der Waals surface area contributed by atoms with Crippen LogP contribution in [0.5, 0.6) is 5.75 Å². The maximum absolute atomic E-state index is 13.2. The highest BCUT2D eigenvalue weighted by atomic mass is 35.5. The van der Waals surface area contributed by atoms with E-state index >= 15 is 0 Å². The second-order valence-electron chi connectivity index (χ2n) is 4.94. The van der Waals surface area contributed by atoms with Gasteiger partial charge in [0.2, 0.25) is 0 Å². The predicted octanol–water partition coefficient (Wildman–Crippen LogP) is 3.86. The fourth-order valence-electron chi connectivity index (χ4n) is 2.00. The van der Waals surface area contributed by atoms with Crippen molar-refractivity contribution in [2.75, 3.05) is 23.8 Å². The molecule has 0 saturated carbocycles. The molecule has 7 nitrogen and oxygen atoms in total. The molecule has 0 radical (unpaired) electrons. The molecule has 0 fully saturated rings. The fraction of sp³-hybridized carbons (Fsp3) is 0.188. The van der Waals surface area contributed by atoms with Crippen LogP contribution in [-0.2, 0) is 14.8 Å². The van der Waals surface area contributed by atoms with E-state index in [4.69, 9.17) is 21.1 Å². The number of ether oxygens (including phenoxy) is 2. The maximum Gasteiger partial charge on any atom is 0.411 e. The molecule has 140 valence electrons. The zero-order valence-corrected chi connectivity index (χ0v) is 15.4. The van der Waals surface area contributed by atoms with Crippen molar-refractivity contribution < 1.29 is 27.1 Å². The first kappa shape index (κ1) is 19.8. The number of hydrogen-bond acceptors (Lipinski definition) is 5. The van der Waals surface area contributed by atoms with E-state index in [9.17, 15) is 17.6 Å². The minimum absolute atomic E-state index is 0.0899. The molecule has 0 aromatic heterocycles. The van der Waals surface area contributed by atoms with Gasteiger partial charge >= 0.3 is 6.09 Å². The molecular formula is C16H16ClFN2O5S. The largest absolute Gasteiger partial charge is 0.495 e. The SMILES string of the molecule is CCOC(=O)Nc1cc(S(=O)(=O)Nc2ccc(F)c(Cl)c2)ccc1OC. The highest BCUT2D eigenvalue weighted by molar-refractivity contribution is 7.92. The van der Waals surface area contributed by atoms with E-state index in [2.05, 4.69) is 10.0 Å². The highest BCUT2D eigenvalue weighted by Gasteiger charge is 2.18. The van der Waals surface area contributed by atoms with Gasteiger partial charge in [-0.2, -0.15) is 0 Å². The van der Waals surface area contributed by atoms with Gasteiger partial charge in [0.15, 0.2) is 0 Å². The fourth-order valence-corrected chi connectivity index (χ4v) is 3.26. The first-order valence-corrected chi connectivity index (χ1v) is 9.22. The summed E-state index contributed by atoms with van der Waals surface area (Å²) in [6.45, 7) is 1.79. The van der Waals surface area contributed by atoms with Gasteiger partial charge in [0, 0.05) is 0 Å². The van der Waals surface area contributed by atoms with Gasteiger partial charge in [-0.1, -0.05) is 11.6 Å². The normalized spacial score (nSPS) is 10.9. The molecular weight excluding hydrogens is 387 g/mol. The molecule has 10 heteroatoms. The lowest BCUT2D eigenvalue weighted by Crippen LogP contribution is -2.16. The maximum atomic E-state index is 13.2. The van der Waals surface area contributed by atoms with Crippen molar-refractivity contribution >= 4 is 39.1 Å². The molecule has 2 aromatic rings. The van der Waals surface area contributed by atoms with Crippen LogP contribution in [0.25, 0.3) is 0 Å². The van der Waals surface area contributed by atoms with E-state index in [0.29, 0.717) is 0 Å². The molecule has 0 aliphatic rings. The number of amides is 1. The first-order chi connectivity index (χ1) is 12.3. The number of nitrogens with one attached hydrogen (secondary N) is 2. The van der Waals surface area contributed by atoms with Crippen LogP contribution in [0, 0.1) is 5.82 Å². The lowest BCUT2D eigenvalue weighted by Gasteiger charge is -2.13. The van der Waals surface area contributed by atoms with E-state index in [1.807, 2.05) is 0 Å². The Morgan fingerprint density at radius 1 is 1.23 bits per heavy atom.